The van der Waals surface area contributed by atoms with E-state index in [0.717, 1.165) is 43.9 Å². The van der Waals surface area contributed by atoms with Crippen LogP contribution in [-0.2, 0) is 16.1 Å². The molecule has 0 aromatic carbocycles. The molecule has 0 bridgehead atoms. The zero-order chi connectivity index (χ0) is 17.2. The number of piperidine rings is 1. The number of thiophene rings is 1. The van der Waals surface area contributed by atoms with Crippen LogP contribution < -0.4 is 5.32 Å². The van der Waals surface area contributed by atoms with Gasteiger partial charge in [-0.05, 0) is 66.8 Å². The topological polar surface area (TPSA) is 54.5 Å². The van der Waals surface area contributed by atoms with E-state index in [-0.39, 0.29) is 18.1 Å². The van der Waals surface area contributed by atoms with Gasteiger partial charge in [0.25, 0.3) is 5.91 Å². The van der Waals surface area contributed by atoms with Crippen molar-refractivity contribution in [3.8, 4) is 0 Å². The predicted octanol–water partition coefficient (Wildman–Crippen LogP) is 3.07. The molecule has 2 fully saturated rings. The molecule has 2 aliphatic rings. The number of aromatic nitrogens is 1. The molecule has 5 nitrogen and oxygen atoms in total. The van der Waals surface area contributed by atoms with Gasteiger partial charge in [0, 0.05) is 19.3 Å². The Morgan fingerprint density at radius 3 is 3.20 bits per heavy atom. The average molecular weight is 357 g/mol. The van der Waals surface area contributed by atoms with Crippen molar-refractivity contribution in [3.05, 3.63) is 46.4 Å². The molecule has 2 aromatic rings. The van der Waals surface area contributed by atoms with Crippen molar-refractivity contribution in [3.63, 3.8) is 0 Å². The van der Waals surface area contributed by atoms with Gasteiger partial charge in [-0.3, -0.25) is 14.7 Å². The minimum atomic E-state index is -0.351. The van der Waals surface area contributed by atoms with Crippen LogP contribution in [0, 0.1) is 12.8 Å². The summed E-state index contributed by atoms with van der Waals surface area (Å²) in [6, 6.07) is 5.89. The summed E-state index contributed by atoms with van der Waals surface area (Å²) in [7, 11) is 0. The van der Waals surface area contributed by atoms with Crippen LogP contribution in [0.3, 0.4) is 0 Å². The number of carbonyl (C=O) groups is 1. The molecule has 0 aliphatic carbocycles. The summed E-state index contributed by atoms with van der Waals surface area (Å²) in [5.41, 5.74) is 2.96. The van der Waals surface area contributed by atoms with E-state index in [1.807, 2.05) is 19.1 Å². The SMILES string of the molecule is Cc1ncccc1NC(=O)[C@@H]1C[C@H]2CCN(Cc3ccsc3)C[C@H]2O1. The number of amides is 1. The second-order valence-electron chi connectivity index (χ2n) is 6.94. The molecule has 6 heteroatoms. The second-order valence-corrected chi connectivity index (χ2v) is 7.72. The molecule has 2 aliphatic heterocycles. The van der Waals surface area contributed by atoms with E-state index in [1.54, 1.807) is 17.5 Å². The van der Waals surface area contributed by atoms with Gasteiger partial charge < -0.3 is 10.1 Å². The summed E-state index contributed by atoms with van der Waals surface area (Å²) in [5, 5.41) is 7.29. The summed E-state index contributed by atoms with van der Waals surface area (Å²) in [4.78, 5) is 19.2. The molecule has 1 amide bonds. The van der Waals surface area contributed by atoms with Crippen molar-refractivity contribution >= 4 is 22.9 Å². The molecular formula is C19H23N3O2S. The molecule has 0 radical (unpaired) electrons. The first-order valence-corrected chi connectivity index (χ1v) is 9.74. The molecule has 0 spiro atoms. The lowest BCUT2D eigenvalue weighted by atomic mass is 9.91. The van der Waals surface area contributed by atoms with Crippen molar-refractivity contribution < 1.29 is 9.53 Å². The number of likely N-dealkylation sites (tertiary alicyclic amines) is 1. The van der Waals surface area contributed by atoms with Crippen molar-refractivity contribution in [2.45, 2.75) is 38.5 Å². The van der Waals surface area contributed by atoms with Crippen LogP contribution in [0.2, 0.25) is 0 Å². The van der Waals surface area contributed by atoms with E-state index < -0.39 is 0 Å². The lowest BCUT2D eigenvalue weighted by Gasteiger charge is -2.33. The van der Waals surface area contributed by atoms with E-state index in [9.17, 15) is 4.79 Å². The van der Waals surface area contributed by atoms with E-state index in [4.69, 9.17) is 4.74 Å². The van der Waals surface area contributed by atoms with E-state index in [2.05, 4.69) is 32.0 Å². The van der Waals surface area contributed by atoms with Crippen LogP contribution in [-0.4, -0.2) is 41.1 Å². The highest BCUT2D eigenvalue weighted by atomic mass is 32.1. The minimum Gasteiger partial charge on any atom is -0.364 e. The minimum absolute atomic E-state index is 0.0464. The predicted molar refractivity (Wildman–Crippen MR) is 98.6 cm³/mol. The largest absolute Gasteiger partial charge is 0.364 e. The Bertz CT molecular complexity index is 734. The monoisotopic (exact) mass is 357 g/mol. The van der Waals surface area contributed by atoms with Crippen LogP contribution in [0.1, 0.15) is 24.1 Å². The summed E-state index contributed by atoms with van der Waals surface area (Å²) >= 11 is 1.74. The van der Waals surface area contributed by atoms with Gasteiger partial charge in [0.15, 0.2) is 0 Å². The zero-order valence-electron chi connectivity index (χ0n) is 14.4. The zero-order valence-corrected chi connectivity index (χ0v) is 15.2. The quantitative estimate of drug-likeness (QED) is 0.914. The number of hydrogen-bond acceptors (Lipinski definition) is 5. The third kappa shape index (κ3) is 3.76. The van der Waals surface area contributed by atoms with Crippen LogP contribution in [0.25, 0.3) is 0 Å². The summed E-state index contributed by atoms with van der Waals surface area (Å²) < 4.78 is 6.12. The van der Waals surface area contributed by atoms with Crippen LogP contribution in [0.4, 0.5) is 5.69 Å². The number of aryl methyl sites for hydroxylation is 1. The maximum Gasteiger partial charge on any atom is 0.253 e. The number of nitrogens with zero attached hydrogens (tertiary/aromatic N) is 2. The molecule has 4 heterocycles. The highest BCUT2D eigenvalue weighted by molar-refractivity contribution is 7.07. The standard InChI is InChI=1S/C19H23N3O2S/c1-13-16(3-2-6-20-13)21-19(23)17-9-15-4-7-22(11-18(15)24-17)10-14-5-8-25-12-14/h2-3,5-6,8,12,15,17-18H,4,7,9-11H2,1H3,(H,21,23)/t15-,17+,18-/m1/s1. The summed E-state index contributed by atoms with van der Waals surface area (Å²) in [5.74, 6) is 0.444. The maximum absolute atomic E-state index is 12.6. The van der Waals surface area contributed by atoms with Gasteiger partial charge in [-0.25, -0.2) is 0 Å². The molecule has 0 unspecified atom stereocenters. The molecule has 2 aromatic heterocycles. The molecule has 3 atom stereocenters. The molecule has 25 heavy (non-hydrogen) atoms. The van der Waals surface area contributed by atoms with Crippen molar-refractivity contribution in [2.75, 3.05) is 18.4 Å². The number of fused-ring (bicyclic) bond motifs is 1. The van der Waals surface area contributed by atoms with E-state index in [0.29, 0.717) is 5.92 Å². The molecular weight excluding hydrogens is 334 g/mol. The smallest absolute Gasteiger partial charge is 0.253 e. The second kappa shape index (κ2) is 7.23. The van der Waals surface area contributed by atoms with Gasteiger partial charge >= 0.3 is 0 Å². The maximum atomic E-state index is 12.6. The number of ether oxygens (including phenoxy) is 1. The van der Waals surface area contributed by atoms with Gasteiger partial charge in [0.1, 0.15) is 6.10 Å². The van der Waals surface area contributed by atoms with Gasteiger partial charge in [-0.1, -0.05) is 0 Å². The fourth-order valence-electron chi connectivity index (χ4n) is 3.78. The first-order valence-electron chi connectivity index (χ1n) is 8.80. The van der Waals surface area contributed by atoms with Gasteiger partial charge in [-0.15, -0.1) is 0 Å². The Hall–Kier alpha value is -1.76. The third-order valence-corrected chi connectivity index (χ3v) is 5.91. The molecule has 0 saturated carbocycles. The molecule has 132 valence electrons. The normalized spacial score (nSPS) is 26.4. The number of anilines is 1. The summed E-state index contributed by atoms with van der Waals surface area (Å²) in [6.07, 6.45) is 3.47. The number of hydrogen-bond donors (Lipinski definition) is 1. The Morgan fingerprint density at radius 2 is 2.40 bits per heavy atom. The highest BCUT2D eigenvalue weighted by Gasteiger charge is 2.41. The molecule has 1 N–H and O–H groups in total. The van der Waals surface area contributed by atoms with E-state index >= 15 is 0 Å². The Balaban J connectivity index is 1.34. The van der Waals surface area contributed by atoms with Crippen molar-refractivity contribution in [1.82, 2.24) is 9.88 Å². The van der Waals surface area contributed by atoms with Crippen LogP contribution in [0.5, 0.6) is 0 Å². The summed E-state index contributed by atoms with van der Waals surface area (Å²) in [6.45, 7) is 4.86. The number of rotatable bonds is 4. The Kier molecular flexibility index (Phi) is 4.83. The first kappa shape index (κ1) is 16.7. The third-order valence-electron chi connectivity index (χ3n) is 5.18. The average Bonchev–Trinajstić information content (AvgIpc) is 3.26. The molecule has 4 rings (SSSR count). The Labute approximate surface area is 152 Å². The lowest BCUT2D eigenvalue weighted by Crippen LogP contribution is -2.41. The van der Waals surface area contributed by atoms with Crippen LogP contribution >= 0.6 is 11.3 Å². The van der Waals surface area contributed by atoms with Gasteiger partial charge in [0.05, 0.1) is 17.5 Å². The highest BCUT2D eigenvalue weighted by Crippen LogP contribution is 2.34. The fourth-order valence-corrected chi connectivity index (χ4v) is 4.44. The molecule has 2 saturated heterocycles. The van der Waals surface area contributed by atoms with Crippen molar-refractivity contribution in [1.29, 1.82) is 0 Å². The first-order chi connectivity index (χ1) is 12.2. The fraction of sp³-hybridized carbons (Fsp3) is 0.474. The number of carbonyl (C=O) groups excluding carboxylic acids is 1. The van der Waals surface area contributed by atoms with Crippen molar-refractivity contribution in [2.24, 2.45) is 5.92 Å². The van der Waals surface area contributed by atoms with Gasteiger partial charge in [0.2, 0.25) is 0 Å². The van der Waals surface area contributed by atoms with Gasteiger partial charge in [-0.2, -0.15) is 11.3 Å². The number of nitrogens with one attached hydrogen (secondary N) is 1. The lowest BCUT2D eigenvalue weighted by molar-refractivity contribution is -0.127. The van der Waals surface area contributed by atoms with E-state index in [1.165, 1.54) is 5.56 Å². The number of pyridine rings is 1. The van der Waals surface area contributed by atoms with Crippen LogP contribution in [0.15, 0.2) is 35.2 Å². The Morgan fingerprint density at radius 1 is 1.48 bits per heavy atom.